The highest BCUT2D eigenvalue weighted by molar-refractivity contribution is 7.80. The molecule has 0 aliphatic rings. The number of nitrogens with zero attached hydrogens (tertiary/aromatic N) is 2. The molecule has 8 heteroatoms. The number of halogens is 1. The Bertz CT molecular complexity index is 1240. The topological polar surface area (TPSA) is 84.2 Å². The lowest BCUT2D eigenvalue weighted by Crippen LogP contribution is -2.31. The van der Waals surface area contributed by atoms with Gasteiger partial charge in [0.25, 0.3) is 0 Å². The molecule has 2 N–H and O–H groups in total. The van der Waals surface area contributed by atoms with Gasteiger partial charge in [0.1, 0.15) is 11.6 Å². The zero-order valence-electron chi connectivity index (χ0n) is 21.5. The van der Waals surface area contributed by atoms with E-state index in [0.29, 0.717) is 30.3 Å². The summed E-state index contributed by atoms with van der Waals surface area (Å²) in [5.41, 5.74) is 4.08. The first-order chi connectivity index (χ1) is 17.1. The number of rotatable bonds is 12. The Morgan fingerprint density at radius 1 is 1.17 bits per heavy atom. The molecule has 1 heterocycles. The van der Waals surface area contributed by atoms with Crippen molar-refractivity contribution < 1.29 is 19.1 Å². The van der Waals surface area contributed by atoms with E-state index in [-0.39, 0.29) is 17.4 Å². The van der Waals surface area contributed by atoms with Crippen molar-refractivity contribution in [2.45, 2.75) is 66.5 Å². The van der Waals surface area contributed by atoms with E-state index in [1.807, 2.05) is 19.1 Å². The van der Waals surface area contributed by atoms with Crippen LogP contribution in [0.25, 0.3) is 11.0 Å². The van der Waals surface area contributed by atoms with Gasteiger partial charge < -0.3 is 15.0 Å². The zero-order chi connectivity index (χ0) is 26.4. The minimum absolute atomic E-state index is 0.0116. The van der Waals surface area contributed by atoms with E-state index in [1.54, 1.807) is 6.07 Å². The molecule has 0 saturated carbocycles. The summed E-state index contributed by atoms with van der Waals surface area (Å²) >= 11 is 4.38. The maximum Gasteiger partial charge on any atom is 0.338 e. The van der Waals surface area contributed by atoms with Gasteiger partial charge in [-0.2, -0.15) is 12.6 Å². The van der Waals surface area contributed by atoms with E-state index >= 15 is 0 Å². The molecule has 2 aromatic carbocycles. The summed E-state index contributed by atoms with van der Waals surface area (Å²) in [5.74, 6) is -0.202. The SMILES string of the molecule is CCCc1nc2c(C)cc(CNC(=O)C(CS)CCC(C)C)cc2n1Cc1ccc(C(=O)O)c(F)c1. The van der Waals surface area contributed by atoms with Gasteiger partial charge >= 0.3 is 5.97 Å². The first-order valence-corrected chi connectivity index (χ1v) is 13.2. The molecule has 1 unspecified atom stereocenters. The Hall–Kier alpha value is -2.87. The molecule has 1 aromatic heterocycles. The predicted molar refractivity (Wildman–Crippen MR) is 144 cm³/mol. The third-order valence-corrected chi connectivity index (χ3v) is 6.85. The van der Waals surface area contributed by atoms with Crippen LogP contribution in [0.4, 0.5) is 4.39 Å². The van der Waals surface area contributed by atoms with Crippen molar-refractivity contribution in [1.82, 2.24) is 14.9 Å². The van der Waals surface area contributed by atoms with E-state index in [2.05, 4.69) is 43.3 Å². The second-order valence-corrected chi connectivity index (χ2v) is 10.2. The molecule has 0 radical (unpaired) electrons. The Labute approximate surface area is 217 Å². The lowest BCUT2D eigenvalue weighted by atomic mass is 9.98. The van der Waals surface area contributed by atoms with Crippen molar-refractivity contribution in [3.8, 4) is 0 Å². The molecule has 0 aliphatic heterocycles. The highest BCUT2D eigenvalue weighted by atomic mass is 32.1. The molecule has 3 rings (SSSR count). The molecular weight excluding hydrogens is 477 g/mol. The average Bonchev–Trinajstić information content (AvgIpc) is 3.15. The van der Waals surface area contributed by atoms with Gasteiger partial charge in [-0.15, -0.1) is 0 Å². The number of carbonyl (C=O) groups is 2. The van der Waals surface area contributed by atoms with Crippen LogP contribution in [0.2, 0.25) is 0 Å². The number of carbonyl (C=O) groups excluding carboxylic acids is 1. The van der Waals surface area contributed by atoms with Crippen LogP contribution in [0.3, 0.4) is 0 Å². The normalized spacial score (nSPS) is 12.3. The van der Waals surface area contributed by atoms with Crippen molar-refractivity contribution in [1.29, 1.82) is 0 Å². The number of imidazole rings is 1. The van der Waals surface area contributed by atoms with Crippen molar-refractivity contribution in [2.75, 3.05) is 5.75 Å². The fourth-order valence-electron chi connectivity index (χ4n) is 4.39. The summed E-state index contributed by atoms with van der Waals surface area (Å²) in [5, 5.41) is 12.2. The van der Waals surface area contributed by atoms with Crippen molar-refractivity contribution in [3.63, 3.8) is 0 Å². The Balaban J connectivity index is 1.89. The van der Waals surface area contributed by atoms with Crippen LogP contribution in [-0.2, 0) is 24.3 Å². The third kappa shape index (κ3) is 6.66. The number of aromatic carboxylic acids is 1. The molecule has 1 amide bonds. The van der Waals surface area contributed by atoms with Gasteiger partial charge in [0, 0.05) is 31.2 Å². The van der Waals surface area contributed by atoms with Gasteiger partial charge in [0.2, 0.25) is 5.91 Å². The van der Waals surface area contributed by atoms with Crippen LogP contribution in [0.5, 0.6) is 0 Å². The molecule has 0 saturated heterocycles. The second-order valence-electron chi connectivity index (χ2n) is 9.83. The van der Waals surface area contributed by atoms with E-state index in [4.69, 9.17) is 10.1 Å². The van der Waals surface area contributed by atoms with Crippen molar-refractivity contribution in [2.24, 2.45) is 11.8 Å². The number of hydrogen-bond donors (Lipinski definition) is 3. The van der Waals surface area contributed by atoms with Crippen LogP contribution in [-0.4, -0.2) is 32.3 Å². The van der Waals surface area contributed by atoms with E-state index in [1.165, 1.54) is 12.1 Å². The number of benzene rings is 2. The van der Waals surface area contributed by atoms with E-state index < -0.39 is 11.8 Å². The third-order valence-electron chi connectivity index (χ3n) is 6.41. The second kappa shape index (κ2) is 12.4. The molecule has 6 nitrogen and oxygen atoms in total. The molecule has 0 bridgehead atoms. The molecule has 0 aliphatic carbocycles. The number of amides is 1. The monoisotopic (exact) mass is 513 g/mol. The van der Waals surface area contributed by atoms with Gasteiger partial charge in [0.05, 0.1) is 16.6 Å². The zero-order valence-corrected chi connectivity index (χ0v) is 22.4. The summed E-state index contributed by atoms with van der Waals surface area (Å²) < 4.78 is 16.4. The van der Waals surface area contributed by atoms with Crippen LogP contribution >= 0.6 is 12.6 Å². The van der Waals surface area contributed by atoms with Crippen LogP contribution < -0.4 is 5.32 Å². The largest absolute Gasteiger partial charge is 0.478 e. The number of nitrogens with one attached hydrogen (secondary N) is 1. The number of carboxylic acids is 1. The Morgan fingerprint density at radius 3 is 2.53 bits per heavy atom. The molecule has 0 spiro atoms. The van der Waals surface area contributed by atoms with Gasteiger partial charge in [-0.3, -0.25) is 4.79 Å². The van der Waals surface area contributed by atoms with Gasteiger partial charge in [-0.25, -0.2) is 14.2 Å². The highest BCUT2D eigenvalue weighted by Crippen LogP contribution is 2.25. The fraction of sp³-hybridized carbons (Fsp3) is 0.464. The molecule has 0 fully saturated rings. The molecular formula is C28H36FN3O3S. The van der Waals surface area contributed by atoms with Gasteiger partial charge in [-0.05, 0) is 60.6 Å². The minimum atomic E-state index is -1.29. The van der Waals surface area contributed by atoms with Crippen molar-refractivity contribution in [3.05, 3.63) is 64.2 Å². The maximum atomic E-state index is 14.3. The summed E-state index contributed by atoms with van der Waals surface area (Å²) in [6.45, 7) is 9.15. The number of carboxylic acid groups (broad SMARTS) is 1. The van der Waals surface area contributed by atoms with E-state index in [0.717, 1.165) is 53.7 Å². The molecule has 36 heavy (non-hydrogen) atoms. The summed E-state index contributed by atoms with van der Waals surface area (Å²) in [7, 11) is 0. The van der Waals surface area contributed by atoms with Crippen LogP contribution in [0.15, 0.2) is 30.3 Å². The average molecular weight is 514 g/mol. The summed E-state index contributed by atoms with van der Waals surface area (Å²) in [6, 6.07) is 8.28. The number of thiol groups is 1. The lowest BCUT2D eigenvalue weighted by Gasteiger charge is -2.16. The molecule has 194 valence electrons. The smallest absolute Gasteiger partial charge is 0.338 e. The number of fused-ring (bicyclic) bond motifs is 1. The summed E-state index contributed by atoms with van der Waals surface area (Å²) in [6.07, 6.45) is 3.46. The standard InChI is InChI=1S/C28H36FN3O3S/c1-5-6-25-31-26-18(4)11-20(14-30-27(33)21(16-36)9-7-17(2)3)13-24(26)32(25)15-19-8-10-22(28(34)35)23(29)12-19/h8,10-13,17,21,36H,5-7,9,14-16H2,1-4H3,(H,30,33)(H,34,35). The van der Waals surface area contributed by atoms with E-state index in [9.17, 15) is 14.0 Å². The maximum absolute atomic E-state index is 14.3. The van der Waals surface area contributed by atoms with Gasteiger partial charge in [0.15, 0.2) is 0 Å². The fourth-order valence-corrected chi connectivity index (χ4v) is 4.74. The minimum Gasteiger partial charge on any atom is -0.478 e. The number of aromatic nitrogens is 2. The first kappa shape index (κ1) is 27.7. The molecule has 1 atom stereocenters. The van der Waals surface area contributed by atoms with Crippen molar-refractivity contribution >= 4 is 35.5 Å². The van der Waals surface area contributed by atoms with Gasteiger partial charge in [-0.1, -0.05) is 39.3 Å². The summed E-state index contributed by atoms with van der Waals surface area (Å²) in [4.78, 5) is 28.8. The highest BCUT2D eigenvalue weighted by Gasteiger charge is 2.19. The Kier molecular flexibility index (Phi) is 9.54. The molecule has 3 aromatic rings. The lowest BCUT2D eigenvalue weighted by molar-refractivity contribution is -0.124. The predicted octanol–water partition coefficient (Wildman–Crippen LogP) is 5.78. The quantitative estimate of drug-likeness (QED) is 0.268. The van der Waals surface area contributed by atoms with Crippen LogP contribution in [0.1, 0.15) is 72.9 Å². The Morgan fingerprint density at radius 2 is 1.92 bits per heavy atom. The first-order valence-electron chi connectivity index (χ1n) is 12.5. The van der Waals surface area contributed by atoms with Crippen LogP contribution in [0, 0.1) is 24.6 Å². The number of hydrogen-bond acceptors (Lipinski definition) is 4. The number of aryl methyl sites for hydroxylation is 2.